The van der Waals surface area contributed by atoms with Gasteiger partial charge >= 0.3 is 11.9 Å². The average molecular weight is 882 g/mol. The van der Waals surface area contributed by atoms with E-state index in [2.05, 4.69) is 41.8 Å². The number of amides is 3. The molecule has 0 saturated carbocycles. The van der Waals surface area contributed by atoms with Crippen LogP contribution in [0.1, 0.15) is 48.2 Å². The molecule has 1 aliphatic heterocycles. The van der Waals surface area contributed by atoms with E-state index in [-0.39, 0.29) is 42.2 Å². The average Bonchev–Trinajstić information content (AvgIpc) is 3.78. The fourth-order valence-corrected chi connectivity index (χ4v) is 6.81. The number of aliphatic imine (C=N–C) groups is 1. The summed E-state index contributed by atoms with van der Waals surface area (Å²) in [6, 6.07) is 7.95. The van der Waals surface area contributed by atoms with Crippen molar-refractivity contribution in [3.05, 3.63) is 77.5 Å². The van der Waals surface area contributed by atoms with Gasteiger partial charge in [-0.2, -0.15) is 13.5 Å². The SMILES string of the molecule is [2H]N(C1N=CCN1)[C@@H](C(=O)N[C@@H](Cc1ccc(O)cc1)C(=O)N(CCCNc1cccc(S(=O)(=O)O)c1C=NNc1ccc(C=O)cn1)[C@H](CC(=O)O)C(=O)NCC(=O)O)C(C)C. The van der Waals surface area contributed by atoms with Crippen LogP contribution in [0.15, 0.2) is 75.8 Å². The Hall–Kier alpha value is -6.82. The summed E-state index contributed by atoms with van der Waals surface area (Å²) in [6.07, 6.45) is 2.30. The number of carbonyl (C=O) groups is 6. The summed E-state index contributed by atoms with van der Waals surface area (Å²) in [7, 11) is -4.81. The number of phenols is 1. The molecule has 0 aliphatic carbocycles. The number of phenolic OH excluding ortho intramolecular Hbond substituents is 1. The van der Waals surface area contributed by atoms with Crippen molar-refractivity contribution in [1.82, 2.24) is 31.1 Å². The number of aromatic hydroxyl groups is 1. The van der Waals surface area contributed by atoms with E-state index in [1.807, 2.05) is 0 Å². The lowest BCUT2D eigenvalue weighted by Crippen LogP contribution is -2.60. The highest BCUT2D eigenvalue weighted by molar-refractivity contribution is 7.86. The van der Waals surface area contributed by atoms with Gasteiger partial charge in [0.25, 0.3) is 10.1 Å². The number of hydrogen-bond acceptors (Lipinski definition) is 16. The van der Waals surface area contributed by atoms with Crippen molar-refractivity contribution in [2.75, 3.05) is 36.9 Å². The van der Waals surface area contributed by atoms with Gasteiger partial charge in [0.2, 0.25) is 17.7 Å². The summed E-state index contributed by atoms with van der Waals surface area (Å²) < 4.78 is 43.5. The molecule has 0 fully saturated rings. The minimum absolute atomic E-state index is 0.0770. The second-order valence-corrected chi connectivity index (χ2v) is 15.5. The zero-order valence-electron chi connectivity index (χ0n) is 34.5. The maximum absolute atomic E-state index is 14.8. The molecule has 22 nitrogen and oxygen atoms in total. The smallest absolute Gasteiger partial charge is 0.322 e. The highest BCUT2D eigenvalue weighted by Gasteiger charge is 2.37. The number of aliphatic carboxylic acids is 2. The van der Waals surface area contributed by atoms with Crippen molar-refractivity contribution in [2.45, 2.75) is 62.4 Å². The van der Waals surface area contributed by atoms with E-state index >= 15 is 0 Å². The van der Waals surface area contributed by atoms with Crippen LogP contribution in [-0.2, 0) is 40.5 Å². The van der Waals surface area contributed by atoms with Crippen LogP contribution in [0.5, 0.6) is 5.75 Å². The van der Waals surface area contributed by atoms with Gasteiger partial charge in [-0.05, 0) is 54.3 Å². The van der Waals surface area contributed by atoms with Crippen molar-refractivity contribution in [3.8, 4) is 5.75 Å². The second-order valence-electron chi connectivity index (χ2n) is 14.1. The molecule has 23 heteroatoms. The Balaban J connectivity index is 1.68. The molecule has 4 atom stereocenters. The number of aldehydes is 1. The van der Waals surface area contributed by atoms with Crippen molar-refractivity contribution in [2.24, 2.45) is 16.0 Å². The van der Waals surface area contributed by atoms with Gasteiger partial charge in [0.15, 0.2) is 12.6 Å². The van der Waals surface area contributed by atoms with Crippen molar-refractivity contribution < 1.29 is 58.5 Å². The van der Waals surface area contributed by atoms with E-state index in [1.165, 1.54) is 60.9 Å². The molecule has 1 aliphatic rings. The van der Waals surface area contributed by atoms with E-state index in [0.717, 1.165) is 22.5 Å². The van der Waals surface area contributed by atoms with Crippen LogP contribution in [0, 0.1) is 5.92 Å². The fraction of sp³-hybridized carbons (Fsp3) is 0.359. The Kier molecular flexibility index (Phi) is 16.9. The molecule has 1 aromatic heterocycles. The molecule has 1 unspecified atom stereocenters. The first kappa shape index (κ1) is 46.2. The zero-order valence-corrected chi connectivity index (χ0v) is 34.4. The maximum atomic E-state index is 14.8. The van der Waals surface area contributed by atoms with Crippen LogP contribution in [0.2, 0.25) is 1.41 Å². The van der Waals surface area contributed by atoms with Gasteiger partial charge in [-0.3, -0.25) is 54.4 Å². The number of anilines is 2. The molecule has 0 spiro atoms. The summed E-state index contributed by atoms with van der Waals surface area (Å²) in [4.78, 5) is 85.5. The van der Waals surface area contributed by atoms with Gasteiger partial charge in [-0.25, -0.2) is 4.98 Å². The second kappa shape index (κ2) is 22.7. The Morgan fingerprint density at radius 3 is 2.39 bits per heavy atom. The molecular formula is C39H48N10O12S. The van der Waals surface area contributed by atoms with Crippen LogP contribution < -0.4 is 32.0 Å². The number of nitrogens with zero attached hydrogens (tertiary/aromatic N) is 4. The third-order valence-electron chi connectivity index (χ3n) is 9.11. The first-order valence-electron chi connectivity index (χ1n) is 19.5. The van der Waals surface area contributed by atoms with Gasteiger partial charge in [-0.1, -0.05) is 32.0 Å². The van der Waals surface area contributed by atoms with Gasteiger partial charge < -0.3 is 36.2 Å². The summed E-state index contributed by atoms with van der Waals surface area (Å²) in [5, 5.41) is 44.8. The first-order chi connectivity index (χ1) is 29.9. The molecule has 62 heavy (non-hydrogen) atoms. The van der Waals surface area contributed by atoms with Crippen LogP contribution in [0.25, 0.3) is 0 Å². The maximum Gasteiger partial charge on any atom is 0.322 e. The van der Waals surface area contributed by atoms with Crippen molar-refractivity contribution >= 4 is 70.0 Å². The minimum atomic E-state index is -4.81. The van der Waals surface area contributed by atoms with Crippen LogP contribution in [0.4, 0.5) is 11.5 Å². The zero-order chi connectivity index (χ0) is 46.3. The molecular weight excluding hydrogens is 833 g/mol. The fourth-order valence-electron chi connectivity index (χ4n) is 6.12. The Bertz CT molecular complexity index is 2280. The predicted octanol–water partition coefficient (Wildman–Crippen LogP) is 0.266. The van der Waals surface area contributed by atoms with Gasteiger partial charge in [0, 0.05) is 55.3 Å². The minimum Gasteiger partial charge on any atom is -0.508 e. The lowest BCUT2D eigenvalue weighted by Gasteiger charge is -2.34. The monoisotopic (exact) mass is 881 g/mol. The van der Waals surface area contributed by atoms with E-state index in [0.29, 0.717) is 24.0 Å². The Morgan fingerprint density at radius 1 is 1.05 bits per heavy atom. The van der Waals surface area contributed by atoms with Gasteiger partial charge in [-0.15, -0.1) is 0 Å². The molecule has 3 aromatic rings. The summed E-state index contributed by atoms with van der Waals surface area (Å²) in [6.45, 7) is 2.32. The number of benzene rings is 2. The molecule has 0 saturated heterocycles. The number of rotatable bonds is 24. The largest absolute Gasteiger partial charge is 0.508 e. The topological polar surface area (TPSA) is 331 Å². The Morgan fingerprint density at radius 2 is 1.79 bits per heavy atom. The van der Waals surface area contributed by atoms with Gasteiger partial charge in [0.1, 0.15) is 36.5 Å². The van der Waals surface area contributed by atoms with Crippen LogP contribution in [0.3, 0.4) is 0 Å². The molecule has 0 radical (unpaired) electrons. The van der Waals surface area contributed by atoms with Crippen LogP contribution in [-0.4, -0.2) is 137 Å². The summed E-state index contributed by atoms with van der Waals surface area (Å²) >= 11 is 0. The molecule has 332 valence electrons. The molecule has 4 rings (SSSR count). The standard InChI is InChI=1S/C39H48N10O12S/c1-23(2)35(47-39-41-14-15-42-39)37(57)46-29(17-24-7-10-26(51)11-8-24)38(58)49(30(18-33(52)53)36(56)44-21-34(54)55)16-4-13-40-28-5-3-6-31(62(59,60)61)27(28)20-45-48-32-12-9-25(22-50)19-43-32/h3,5-12,14,19-20,22-23,29-30,35,39-40,42,47,51H,4,13,15-18,21H2,1-2H3,(H,43,48)(H,44,56)(H,46,57)(H,52,53)(H,54,55)(H,59,60,61)/t29-,30+,35+,39?/m0/s1/i/hD. The number of carboxylic acid groups (broad SMARTS) is 2. The highest BCUT2D eigenvalue weighted by atomic mass is 32.2. The Labute approximate surface area is 357 Å². The van der Waals surface area contributed by atoms with E-state index in [1.54, 1.807) is 13.8 Å². The first-order valence-corrected chi connectivity index (χ1v) is 20.5. The van der Waals surface area contributed by atoms with Crippen molar-refractivity contribution in [1.29, 1.82) is 0 Å². The number of aromatic nitrogens is 1. The quantitative estimate of drug-likeness (QED) is 0.0190. The number of carboxylic acids is 2. The summed E-state index contributed by atoms with van der Waals surface area (Å²) in [5.41, 5.74) is 3.32. The third-order valence-corrected chi connectivity index (χ3v) is 10.0. The summed E-state index contributed by atoms with van der Waals surface area (Å²) in [5.74, 6) is -6.22. The molecule has 0 bridgehead atoms. The number of pyridine rings is 1. The molecule has 10 N–H and O–H groups in total. The number of hydrazone groups is 1. The molecule has 2 heterocycles. The van der Waals surface area contributed by atoms with E-state index < -0.39 is 94.5 Å². The number of carbonyl (C=O) groups excluding carboxylic acids is 4. The van der Waals surface area contributed by atoms with E-state index in [4.69, 9.17) is 1.41 Å². The normalized spacial score (nSPS) is 15.4. The van der Waals surface area contributed by atoms with Gasteiger partial charge in [0.05, 0.1) is 18.7 Å². The predicted molar refractivity (Wildman–Crippen MR) is 224 cm³/mol. The highest BCUT2D eigenvalue weighted by Crippen LogP contribution is 2.23. The third kappa shape index (κ3) is 14.4. The number of nitrogens with one attached hydrogen (secondary N) is 6. The lowest BCUT2D eigenvalue weighted by atomic mass is 9.99. The lowest BCUT2D eigenvalue weighted by molar-refractivity contribution is -0.149. The molecule has 2 aromatic carbocycles. The van der Waals surface area contributed by atoms with Crippen LogP contribution >= 0.6 is 0 Å². The van der Waals surface area contributed by atoms with Crippen molar-refractivity contribution in [3.63, 3.8) is 0 Å². The molecule has 3 amide bonds. The van der Waals surface area contributed by atoms with E-state index in [9.17, 15) is 57.1 Å². The number of hydrogen-bond donors (Lipinski definition) is 10.